The first-order valence-corrected chi connectivity index (χ1v) is 7.09. The lowest BCUT2D eigenvalue weighted by atomic mass is 10.0. The first-order valence-electron chi connectivity index (χ1n) is 7.09. The molecular formula is C16H20N2O. The Balaban J connectivity index is 1.62. The van der Waals surface area contributed by atoms with Crippen LogP contribution in [0.25, 0.3) is 11.1 Å². The van der Waals surface area contributed by atoms with Crippen LogP contribution in [0.3, 0.4) is 0 Å². The highest BCUT2D eigenvalue weighted by atomic mass is 16.3. The van der Waals surface area contributed by atoms with Crippen LogP contribution in [0.2, 0.25) is 0 Å². The van der Waals surface area contributed by atoms with Crippen LogP contribution in [-0.4, -0.2) is 21.0 Å². The molecule has 0 amide bonds. The molecule has 1 saturated carbocycles. The molecule has 1 heterocycles. The number of nitrogens with zero attached hydrogens (tertiary/aromatic N) is 2. The average Bonchev–Trinajstić information content (AvgIpc) is 3.06. The van der Waals surface area contributed by atoms with Gasteiger partial charge < -0.3 is 5.11 Å². The van der Waals surface area contributed by atoms with E-state index in [4.69, 9.17) is 0 Å². The van der Waals surface area contributed by atoms with Gasteiger partial charge in [-0.2, -0.15) is 5.10 Å². The van der Waals surface area contributed by atoms with Crippen molar-refractivity contribution in [2.45, 2.75) is 38.3 Å². The maximum Gasteiger partial charge on any atom is 0.0569 e. The predicted molar refractivity (Wildman–Crippen MR) is 75.6 cm³/mol. The molecule has 0 radical (unpaired) electrons. The molecule has 3 nitrogen and oxygen atoms in total. The van der Waals surface area contributed by atoms with Crippen molar-refractivity contribution in [3.8, 4) is 11.1 Å². The monoisotopic (exact) mass is 256 g/mol. The van der Waals surface area contributed by atoms with E-state index in [-0.39, 0.29) is 6.10 Å². The standard InChI is InChI=1S/C16H20N2O/c19-16-8-4-7-14(16)9-10-18-12-15(11-17-18)13-5-2-1-3-6-13/h1-3,5-6,11-12,14,16,19H,4,7-10H2. The Hall–Kier alpha value is -1.61. The van der Waals surface area contributed by atoms with Crippen LogP contribution in [0.15, 0.2) is 42.7 Å². The summed E-state index contributed by atoms with van der Waals surface area (Å²) in [5.41, 5.74) is 2.36. The Morgan fingerprint density at radius 3 is 2.74 bits per heavy atom. The lowest BCUT2D eigenvalue weighted by Crippen LogP contribution is -2.15. The summed E-state index contributed by atoms with van der Waals surface area (Å²) < 4.78 is 1.99. The van der Waals surface area contributed by atoms with Crippen LogP contribution in [0.1, 0.15) is 25.7 Å². The first-order chi connectivity index (χ1) is 9.33. The lowest BCUT2D eigenvalue weighted by Gasteiger charge is -2.13. The summed E-state index contributed by atoms with van der Waals surface area (Å²) in [6, 6.07) is 10.3. The van der Waals surface area contributed by atoms with Crippen molar-refractivity contribution >= 4 is 0 Å². The van der Waals surface area contributed by atoms with E-state index in [0.717, 1.165) is 31.4 Å². The number of hydrogen-bond donors (Lipinski definition) is 1. The van der Waals surface area contributed by atoms with Crippen LogP contribution in [0.5, 0.6) is 0 Å². The average molecular weight is 256 g/mol. The van der Waals surface area contributed by atoms with E-state index in [0.29, 0.717) is 5.92 Å². The van der Waals surface area contributed by atoms with Crippen molar-refractivity contribution in [1.29, 1.82) is 0 Å². The van der Waals surface area contributed by atoms with Crippen LogP contribution >= 0.6 is 0 Å². The summed E-state index contributed by atoms with van der Waals surface area (Å²) in [6.45, 7) is 0.897. The molecule has 0 saturated heterocycles. The minimum Gasteiger partial charge on any atom is -0.393 e. The van der Waals surface area contributed by atoms with E-state index in [1.54, 1.807) is 0 Å². The van der Waals surface area contributed by atoms with Gasteiger partial charge in [-0.25, -0.2) is 0 Å². The molecule has 2 atom stereocenters. The van der Waals surface area contributed by atoms with Crippen molar-refractivity contribution in [2.75, 3.05) is 0 Å². The van der Waals surface area contributed by atoms with Gasteiger partial charge in [0.2, 0.25) is 0 Å². The molecule has 3 rings (SSSR count). The number of hydrogen-bond acceptors (Lipinski definition) is 2. The molecule has 0 aliphatic heterocycles. The number of aryl methyl sites for hydroxylation is 1. The Kier molecular flexibility index (Phi) is 3.65. The van der Waals surface area contributed by atoms with E-state index in [1.807, 2.05) is 29.1 Å². The number of aliphatic hydroxyl groups is 1. The van der Waals surface area contributed by atoms with Gasteiger partial charge in [-0.1, -0.05) is 36.8 Å². The maximum absolute atomic E-state index is 9.82. The van der Waals surface area contributed by atoms with Crippen LogP contribution in [-0.2, 0) is 6.54 Å². The molecular weight excluding hydrogens is 236 g/mol. The summed E-state index contributed by atoms with van der Waals surface area (Å²) >= 11 is 0. The summed E-state index contributed by atoms with van der Waals surface area (Å²) in [7, 11) is 0. The van der Waals surface area contributed by atoms with Gasteiger partial charge in [0.1, 0.15) is 0 Å². The maximum atomic E-state index is 9.82. The Labute approximate surface area is 113 Å². The minimum atomic E-state index is -0.0934. The summed E-state index contributed by atoms with van der Waals surface area (Å²) in [5.74, 6) is 0.462. The van der Waals surface area contributed by atoms with Crippen molar-refractivity contribution in [2.24, 2.45) is 5.92 Å². The zero-order valence-electron chi connectivity index (χ0n) is 11.1. The smallest absolute Gasteiger partial charge is 0.0569 e. The third-order valence-corrected chi connectivity index (χ3v) is 4.09. The highest BCUT2D eigenvalue weighted by Crippen LogP contribution is 2.28. The molecule has 19 heavy (non-hydrogen) atoms. The third-order valence-electron chi connectivity index (χ3n) is 4.09. The third kappa shape index (κ3) is 2.87. The molecule has 0 spiro atoms. The lowest BCUT2D eigenvalue weighted by molar-refractivity contribution is 0.124. The normalized spacial score (nSPS) is 22.8. The van der Waals surface area contributed by atoms with Gasteiger partial charge in [0.05, 0.1) is 12.3 Å². The molecule has 1 fully saturated rings. The van der Waals surface area contributed by atoms with Crippen LogP contribution in [0.4, 0.5) is 0 Å². The number of aliphatic hydroxyl groups excluding tert-OH is 1. The molecule has 2 aromatic rings. The summed E-state index contributed by atoms with van der Waals surface area (Å²) in [6.07, 6.45) is 8.24. The quantitative estimate of drug-likeness (QED) is 0.912. The molecule has 1 aromatic carbocycles. The highest BCUT2D eigenvalue weighted by molar-refractivity contribution is 5.61. The van der Waals surface area contributed by atoms with Gasteiger partial charge in [0, 0.05) is 18.3 Å². The van der Waals surface area contributed by atoms with E-state index >= 15 is 0 Å². The predicted octanol–water partition coefficient (Wildman–Crippen LogP) is 3.10. The van der Waals surface area contributed by atoms with Gasteiger partial charge in [-0.15, -0.1) is 0 Å². The first kappa shape index (κ1) is 12.4. The fourth-order valence-corrected chi connectivity index (χ4v) is 2.92. The van der Waals surface area contributed by atoms with E-state index < -0.39 is 0 Å². The SMILES string of the molecule is OC1CCCC1CCn1cc(-c2ccccc2)cn1. The van der Waals surface area contributed by atoms with Gasteiger partial charge in [-0.3, -0.25) is 4.68 Å². The topological polar surface area (TPSA) is 38.0 Å². The second-order valence-electron chi connectivity index (χ2n) is 5.41. The van der Waals surface area contributed by atoms with Gasteiger partial charge in [0.25, 0.3) is 0 Å². The highest BCUT2D eigenvalue weighted by Gasteiger charge is 2.24. The van der Waals surface area contributed by atoms with E-state index in [2.05, 4.69) is 23.4 Å². The van der Waals surface area contributed by atoms with Crippen molar-refractivity contribution in [1.82, 2.24) is 9.78 Å². The molecule has 1 aromatic heterocycles. The number of benzene rings is 1. The van der Waals surface area contributed by atoms with Gasteiger partial charge in [-0.05, 0) is 30.7 Å². The van der Waals surface area contributed by atoms with Crippen molar-refractivity contribution in [3.63, 3.8) is 0 Å². The molecule has 0 bridgehead atoms. The fourth-order valence-electron chi connectivity index (χ4n) is 2.92. The van der Waals surface area contributed by atoms with Crippen LogP contribution in [0, 0.1) is 5.92 Å². The fraction of sp³-hybridized carbons (Fsp3) is 0.438. The van der Waals surface area contributed by atoms with Gasteiger partial charge in [0.15, 0.2) is 0 Å². The number of aromatic nitrogens is 2. The van der Waals surface area contributed by atoms with E-state index in [1.165, 1.54) is 12.0 Å². The van der Waals surface area contributed by atoms with Crippen LogP contribution < -0.4 is 0 Å². The largest absolute Gasteiger partial charge is 0.393 e. The minimum absolute atomic E-state index is 0.0934. The van der Waals surface area contributed by atoms with E-state index in [9.17, 15) is 5.11 Å². The summed E-state index contributed by atoms with van der Waals surface area (Å²) in [4.78, 5) is 0. The van der Waals surface area contributed by atoms with Crippen molar-refractivity contribution in [3.05, 3.63) is 42.7 Å². The molecule has 1 N–H and O–H groups in total. The molecule has 100 valence electrons. The van der Waals surface area contributed by atoms with Crippen molar-refractivity contribution < 1.29 is 5.11 Å². The van der Waals surface area contributed by atoms with Gasteiger partial charge >= 0.3 is 0 Å². The molecule has 2 unspecified atom stereocenters. The molecule has 3 heteroatoms. The molecule has 1 aliphatic rings. The molecule has 1 aliphatic carbocycles. The Morgan fingerprint density at radius 2 is 2.00 bits per heavy atom. The summed E-state index contributed by atoms with van der Waals surface area (Å²) in [5, 5.41) is 14.2. The second-order valence-corrected chi connectivity index (χ2v) is 5.41. The zero-order valence-corrected chi connectivity index (χ0v) is 11.1. The number of rotatable bonds is 4. The Morgan fingerprint density at radius 1 is 1.16 bits per heavy atom. The zero-order chi connectivity index (χ0) is 13.1. The Bertz CT molecular complexity index is 521. The second kappa shape index (κ2) is 5.57.